The van der Waals surface area contributed by atoms with Crippen LogP contribution >= 0.6 is 0 Å². The molecule has 1 aromatic carbocycles. The zero-order valence-electron chi connectivity index (χ0n) is 9.79. The van der Waals surface area contributed by atoms with E-state index < -0.39 is 0 Å². The second-order valence-electron chi connectivity index (χ2n) is 4.07. The number of aromatic amines is 1. The van der Waals surface area contributed by atoms with Crippen LogP contribution in [-0.4, -0.2) is 23.7 Å². The summed E-state index contributed by atoms with van der Waals surface area (Å²) in [4.78, 5) is 14.6. The number of hydrogen-bond donors (Lipinski definition) is 3. The Hall–Kier alpha value is -1.81. The molecule has 4 heteroatoms. The van der Waals surface area contributed by atoms with Crippen molar-refractivity contribution in [1.29, 1.82) is 0 Å². The number of aromatic nitrogens is 1. The molecule has 4 nitrogen and oxygen atoms in total. The number of aryl methyl sites for hydroxylation is 1. The lowest BCUT2D eigenvalue weighted by molar-refractivity contribution is 0.481. The van der Waals surface area contributed by atoms with Gasteiger partial charge in [0, 0.05) is 11.1 Å². The summed E-state index contributed by atoms with van der Waals surface area (Å²) >= 11 is 0. The topological polar surface area (TPSA) is 65.1 Å². The Morgan fingerprint density at radius 1 is 1.35 bits per heavy atom. The number of aromatic hydroxyl groups is 1. The van der Waals surface area contributed by atoms with E-state index in [1.54, 1.807) is 18.2 Å². The van der Waals surface area contributed by atoms with Crippen LogP contribution in [0.4, 0.5) is 0 Å². The summed E-state index contributed by atoms with van der Waals surface area (Å²) in [5.74, 6) is 0.156. The van der Waals surface area contributed by atoms with Gasteiger partial charge in [0.25, 0.3) is 5.56 Å². The van der Waals surface area contributed by atoms with Gasteiger partial charge in [0.2, 0.25) is 0 Å². The van der Waals surface area contributed by atoms with Gasteiger partial charge in [-0.25, -0.2) is 0 Å². The van der Waals surface area contributed by atoms with Gasteiger partial charge in [0.1, 0.15) is 5.75 Å². The van der Waals surface area contributed by atoms with Crippen molar-refractivity contribution in [3.63, 3.8) is 0 Å². The van der Waals surface area contributed by atoms with Gasteiger partial charge in [0.05, 0.1) is 5.39 Å². The van der Waals surface area contributed by atoms with Crippen LogP contribution in [0.3, 0.4) is 0 Å². The number of pyridine rings is 1. The first-order valence-corrected chi connectivity index (χ1v) is 5.71. The van der Waals surface area contributed by atoms with Gasteiger partial charge in [-0.2, -0.15) is 0 Å². The summed E-state index contributed by atoms with van der Waals surface area (Å²) in [7, 11) is 1.90. The number of H-pyrrole nitrogens is 1. The molecule has 0 spiro atoms. The van der Waals surface area contributed by atoms with Crippen LogP contribution in [0.5, 0.6) is 5.75 Å². The number of fused-ring (bicyclic) bond motifs is 1. The molecule has 0 aliphatic rings. The van der Waals surface area contributed by atoms with Crippen LogP contribution in [0, 0.1) is 0 Å². The second kappa shape index (κ2) is 5.01. The zero-order chi connectivity index (χ0) is 12.3. The number of rotatable bonds is 4. The normalized spacial score (nSPS) is 10.9. The van der Waals surface area contributed by atoms with Gasteiger partial charge in [-0.15, -0.1) is 0 Å². The van der Waals surface area contributed by atoms with E-state index in [0.29, 0.717) is 10.8 Å². The van der Waals surface area contributed by atoms with Crippen LogP contribution in [0.25, 0.3) is 10.8 Å². The Kier molecular flexibility index (Phi) is 3.44. The van der Waals surface area contributed by atoms with Crippen LogP contribution in [0.1, 0.15) is 12.1 Å². The van der Waals surface area contributed by atoms with E-state index in [1.807, 2.05) is 13.1 Å². The first-order valence-electron chi connectivity index (χ1n) is 5.71. The molecule has 0 aliphatic carbocycles. The lowest BCUT2D eigenvalue weighted by Crippen LogP contribution is -2.12. The number of hydrogen-bond acceptors (Lipinski definition) is 3. The van der Waals surface area contributed by atoms with Crippen molar-refractivity contribution in [3.8, 4) is 5.75 Å². The molecule has 0 radical (unpaired) electrons. The molecule has 0 bridgehead atoms. The van der Waals surface area contributed by atoms with E-state index >= 15 is 0 Å². The number of phenols is 1. The lowest BCUT2D eigenvalue weighted by Gasteiger charge is -2.05. The smallest absolute Gasteiger partial charge is 0.256 e. The molecule has 1 heterocycles. The molecule has 0 saturated carbocycles. The third-order valence-corrected chi connectivity index (χ3v) is 2.79. The van der Waals surface area contributed by atoms with E-state index in [1.165, 1.54) is 0 Å². The Morgan fingerprint density at radius 2 is 2.18 bits per heavy atom. The van der Waals surface area contributed by atoms with E-state index in [0.717, 1.165) is 25.1 Å². The summed E-state index contributed by atoms with van der Waals surface area (Å²) in [6.45, 7) is 0.904. The monoisotopic (exact) mass is 232 g/mol. The van der Waals surface area contributed by atoms with Crippen molar-refractivity contribution in [1.82, 2.24) is 10.3 Å². The Bertz CT molecular complexity index is 575. The molecule has 0 aliphatic heterocycles. The number of phenolic OH excluding ortho intramolecular Hbond substituents is 1. The number of nitrogens with one attached hydrogen (secondary N) is 2. The zero-order valence-corrected chi connectivity index (χ0v) is 9.79. The fraction of sp³-hybridized carbons (Fsp3) is 0.308. The molecule has 3 N–H and O–H groups in total. The Balaban J connectivity index is 2.40. The van der Waals surface area contributed by atoms with Gasteiger partial charge >= 0.3 is 0 Å². The minimum atomic E-state index is -0.141. The van der Waals surface area contributed by atoms with Crippen molar-refractivity contribution >= 4 is 10.8 Å². The summed E-state index contributed by atoms with van der Waals surface area (Å²) in [5, 5.41) is 13.9. The van der Waals surface area contributed by atoms with Crippen molar-refractivity contribution in [2.75, 3.05) is 13.6 Å². The summed E-state index contributed by atoms with van der Waals surface area (Å²) in [6.07, 6.45) is 1.74. The van der Waals surface area contributed by atoms with Crippen LogP contribution in [0.2, 0.25) is 0 Å². The minimum Gasteiger partial charge on any atom is -0.507 e. The van der Waals surface area contributed by atoms with Crippen molar-refractivity contribution < 1.29 is 5.11 Å². The van der Waals surface area contributed by atoms with Crippen molar-refractivity contribution in [3.05, 3.63) is 40.3 Å². The van der Waals surface area contributed by atoms with Crippen LogP contribution in [0.15, 0.2) is 29.1 Å². The van der Waals surface area contributed by atoms with Crippen LogP contribution in [-0.2, 0) is 6.42 Å². The molecule has 0 fully saturated rings. The second-order valence-corrected chi connectivity index (χ2v) is 4.07. The maximum absolute atomic E-state index is 11.8. The van der Waals surface area contributed by atoms with Crippen LogP contribution < -0.4 is 10.9 Å². The SMILES string of the molecule is CNCCCc1cc2c(O)cccc2c(=O)[nH]1. The number of benzene rings is 1. The Labute approximate surface area is 99.3 Å². The highest BCUT2D eigenvalue weighted by molar-refractivity contribution is 5.87. The maximum Gasteiger partial charge on any atom is 0.256 e. The predicted octanol–water partition coefficient (Wildman–Crippen LogP) is 1.39. The maximum atomic E-state index is 11.8. The van der Waals surface area contributed by atoms with Gasteiger partial charge < -0.3 is 15.4 Å². The van der Waals surface area contributed by atoms with Gasteiger partial charge in [0.15, 0.2) is 0 Å². The molecular formula is C13H16N2O2. The molecule has 0 amide bonds. The summed E-state index contributed by atoms with van der Waals surface area (Å²) in [6, 6.07) is 6.83. The molecule has 17 heavy (non-hydrogen) atoms. The van der Waals surface area contributed by atoms with E-state index in [9.17, 15) is 9.90 Å². The van der Waals surface area contributed by atoms with Gasteiger partial charge in [-0.05, 0) is 44.6 Å². The first kappa shape index (κ1) is 11.7. The third-order valence-electron chi connectivity index (χ3n) is 2.79. The highest BCUT2D eigenvalue weighted by Gasteiger charge is 2.05. The average molecular weight is 232 g/mol. The largest absolute Gasteiger partial charge is 0.507 e. The van der Waals surface area contributed by atoms with E-state index in [4.69, 9.17) is 0 Å². The summed E-state index contributed by atoms with van der Waals surface area (Å²) < 4.78 is 0. The standard InChI is InChI=1S/C13H16N2O2/c1-14-7-3-4-9-8-11-10(13(17)15-9)5-2-6-12(11)16/h2,5-6,8,14,16H,3-4,7H2,1H3,(H,15,17). The molecule has 1 aromatic heterocycles. The molecule has 0 atom stereocenters. The highest BCUT2D eigenvalue weighted by Crippen LogP contribution is 2.22. The molecular weight excluding hydrogens is 216 g/mol. The highest BCUT2D eigenvalue weighted by atomic mass is 16.3. The lowest BCUT2D eigenvalue weighted by atomic mass is 10.1. The molecule has 0 unspecified atom stereocenters. The molecule has 2 rings (SSSR count). The quantitative estimate of drug-likeness (QED) is 0.698. The Morgan fingerprint density at radius 3 is 2.94 bits per heavy atom. The van der Waals surface area contributed by atoms with E-state index in [-0.39, 0.29) is 11.3 Å². The minimum absolute atomic E-state index is 0.141. The van der Waals surface area contributed by atoms with E-state index in [2.05, 4.69) is 10.3 Å². The van der Waals surface area contributed by atoms with Crippen molar-refractivity contribution in [2.45, 2.75) is 12.8 Å². The van der Waals surface area contributed by atoms with Gasteiger partial charge in [-0.1, -0.05) is 6.07 Å². The van der Waals surface area contributed by atoms with Crippen molar-refractivity contribution in [2.24, 2.45) is 0 Å². The predicted molar refractivity (Wildman–Crippen MR) is 68.5 cm³/mol. The molecule has 0 saturated heterocycles. The third kappa shape index (κ3) is 2.47. The van der Waals surface area contributed by atoms with Gasteiger partial charge in [-0.3, -0.25) is 4.79 Å². The first-order chi connectivity index (χ1) is 8.22. The summed E-state index contributed by atoms with van der Waals surface area (Å²) in [5.41, 5.74) is 0.720. The fourth-order valence-corrected chi connectivity index (χ4v) is 1.92. The average Bonchev–Trinajstić information content (AvgIpc) is 2.31. The molecule has 2 aromatic rings. The fourth-order valence-electron chi connectivity index (χ4n) is 1.92. The molecule has 90 valence electrons.